The zero-order chi connectivity index (χ0) is 11.8. The molecule has 3 nitrogen and oxygen atoms in total. The van der Waals surface area contributed by atoms with E-state index in [0.717, 1.165) is 30.9 Å². The molecule has 0 saturated heterocycles. The molecule has 1 rings (SSSR count). The molecule has 0 spiro atoms. The summed E-state index contributed by atoms with van der Waals surface area (Å²) in [4.78, 5) is 11.6. The van der Waals surface area contributed by atoms with E-state index in [1.54, 1.807) is 11.8 Å². The highest BCUT2D eigenvalue weighted by atomic mass is 32.2. The molecule has 0 aromatic carbocycles. The van der Waals surface area contributed by atoms with Gasteiger partial charge in [0.2, 0.25) is 5.91 Å². The van der Waals surface area contributed by atoms with Crippen molar-refractivity contribution in [3.05, 3.63) is 0 Å². The quantitative estimate of drug-likeness (QED) is 0.702. The van der Waals surface area contributed by atoms with E-state index in [9.17, 15) is 4.79 Å². The maximum absolute atomic E-state index is 11.6. The fraction of sp³-hybridized carbons (Fsp3) is 0.917. The third kappa shape index (κ3) is 5.75. The van der Waals surface area contributed by atoms with Crippen LogP contribution < -0.4 is 5.32 Å². The monoisotopic (exact) mass is 245 g/mol. The van der Waals surface area contributed by atoms with Crippen molar-refractivity contribution >= 4 is 17.7 Å². The number of hydrogen-bond acceptors (Lipinski definition) is 3. The summed E-state index contributed by atoms with van der Waals surface area (Å²) in [5.41, 5.74) is 0. The molecule has 0 unspecified atom stereocenters. The van der Waals surface area contributed by atoms with Crippen LogP contribution in [0.1, 0.15) is 39.0 Å². The van der Waals surface area contributed by atoms with Crippen LogP contribution in [0.4, 0.5) is 0 Å². The highest BCUT2D eigenvalue weighted by molar-refractivity contribution is 7.99. The molecule has 2 N–H and O–H groups in total. The zero-order valence-corrected chi connectivity index (χ0v) is 10.9. The second-order valence-corrected chi connectivity index (χ2v) is 5.76. The van der Waals surface area contributed by atoms with Gasteiger partial charge < -0.3 is 10.4 Å². The largest absolute Gasteiger partial charge is 0.396 e. The molecular weight excluding hydrogens is 222 g/mol. The Bertz CT molecular complexity index is 203. The Morgan fingerprint density at radius 2 is 2.06 bits per heavy atom. The summed E-state index contributed by atoms with van der Waals surface area (Å²) in [7, 11) is 0. The maximum atomic E-state index is 11.6. The molecule has 94 valence electrons. The van der Waals surface area contributed by atoms with E-state index in [-0.39, 0.29) is 12.5 Å². The molecule has 0 aromatic heterocycles. The Hall–Kier alpha value is -0.220. The Morgan fingerprint density at radius 3 is 2.69 bits per heavy atom. The SMILES string of the molecule is CC1CCC(NC(=O)CSCCCO)CC1. The minimum absolute atomic E-state index is 0.155. The van der Waals surface area contributed by atoms with Crippen molar-refractivity contribution in [2.75, 3.05) is 18.1 Å². The molecule has 1 amide bonds. The molecule has 0 radical (unpaired) electrons. The zero-order valence-electron chi connectivity index (χ0n) is 10.1. The lowest BCUT2D eigenvalue weighted by Gasteiger charge is -2.26. The molecular formula is C12H23NO2S. The maximum Gasteiger partial charge on any atom is 0.230 e. The summed E-state index contributed by atoms with van der Waals surface area (Å²) in [6.07, 6.45) is 5.52. The fourth-order valence-corrected chi connectivity index (χ4v) is 2.75. The van der Waals surface area contributed by atoms with Crippen molar-refractivity contribution in [1.29, 1.82) is 0 Å². The molecule has 0 aliphatic heterocycles. The molecule has 1 aliphatic carbocycles. The number of carbonyl (C=O) groups excluding carboxylic acids is 1. The molecule has 4 heteroatoms. The number of thioether (sulfide) groups is 1. The number of amides is 1. The van der Waals surface area contributed by atoms with Gasteiger partial charge in [0.25, 0.3) is 0 Å². The lowest BCUT2D eigenvalue weighted by Crippen LogP contribution is -2.38. The summed E-state index contributed by atoms with van der Waals surface area (Å²) >= 11 is 1.60. The van der Waals surface area contributed by atoms with Crippen LogP contribution in [-0.4, -0.2) is 35.2 Å². The predicted octanol–water partition coefficient (Wildman–Crippen LogP) is 1.80. The standard InChI is InChI=1S/C12H23NO2S/c1-10-3-5-11(6-4-10)13-12(15)9-16-8-2-7-14/h10-11,14H,2-9H2,1H3,(H,13,15). The van der Waals surface area contributed by atoms with E-state index < -0.39 is 0 Å². The Kier molecular flexibility index (Phi) is 6.88. The number of aliphatic hydroxyl groups excluding tert-OH is 1. The first-order chi connectivity index (χ1) is 7.72. The number of carbonyl (C=O) groups is 1. The van der Waals surface area contributed by atoms with Crippen molar-refractivity contribution < 1.29 is 9.90 Å². The minimum atomic E-state index is 0.155. The van der Waals surface area contributed by atoms with E-state index in [4.69, 9.17) is 5.11 Å². The van der Waals surface area contributed by atoms with E-state index in [0.29, 0.717) is 11.8 Å². The van der Waals surface area contributed by atoms with E-state index in [1.807, 2.05) is 0 Å². The average molecular weight is 245 g/mol. The fourth-order valence-electron chi connectivity index (χ4n) is 2.01. The Balaban J connectivity index is 2.05. The van der Waals surface area contributed by atoms with Crippen LogP contribution in [0.15, 0.2) is 0 Å². The lowest BCUT2D eigenvalue weighted by molar-refractivity contribution is -0.119. The summed E-state index contributed by atoms with van der Waals surface area (Å²) in [5, 5.41) is 11.7. The van der Waals surface area contributed by atoms with Gasteiger partial charge in [0, 0.05) is 12.6 Å². The van der Waals surface area contributed by atoms with Gasteiger partial charge in [-0.25, -0.2) is 0 Å². The van der Waals surface area contributed by atoms with Gasteiger partial charge in [-0.05, 0) is 43.8 Å². The Labute approximate surface area is 102 Å². The molecule has 1 saturated carbocycles. The minimum Gasteiger partial charge on any atom is -0.396 e. The highest BCUT2D eigenvalue weighted by Gasteiger charge is 2.19. The van der Waals surface area contributed by atoms with Crippen molar-refractivity contribution in [3.8, 4) is 0 Å². The van der Waals surface area contributed by atoms with Crippen LogP contribution in [0.3, 0.4) is 0 Å². The van der Waals surface area contributed by atoms with E-state index in [2.05, 4.69) is 12.2 Å². The predicted molar refractivity (Wildman–Crippen MR) is 68.6 cm³/mol. The summed E-state index contributed by atoms with van der Waals surface area (Å²) in [5.74, 6) is 2.38. The van der Waals surface area contributed by atoms with Gasteiger partial charge in [-0.2, -0.15) is 11.8 Å². The normalized spacial score (nSPS) is 25.4. The van der Waals surface area contributed by atoms with Crippen molar-refractivity contribution in [1.82, 2.24) is 5.32 Å². The molecule has 0 aromatic rings. The molecule has 0 heterocycles. The number of hydrogen-bond donors (Lipinski definition) is 2. The average Bonchev–Trinajstić information content (AvgIpc) is 2.28. The third-order valence-corrected chi connectivity index (χ3v) is 4.10. The van der Waals surface area contributed by atoms with Gasteiger partial charge in [0.1, 0.15) is 0 Å². The van der Waals surface area contributed by atoms with Crippen LogP contribution in [-0.2, 0) is 4.79 Å². The van der Waals surface area contributed by atoms with E-state index >= 15 is 0 Å². The van der Waals surface area contributed by atoms with Crippen LogP contribution in [0, 0.1) is 5.92 Å². The van der Waals surface area contributed by atoms with Gasteiger partial charge in [-0.3, -0.25) is 4.79 Å². The smallest absolute Gasteiger partial charge is 0.230 e. The summed E-state index contributed by atoms with van der Waals surface area (Å²) < 4.78 is 0. The third-order valence-electron chi connectivity index (χ3n) is 3.06. The second-order valence-electron chi connectivity index (χ2n) is 4.65. The number of aliphatic hydroxyl groups is 1. The van der Waals surface area contributed by atoms with Gasteiger partial charge >= 0.3 is 0 Å². The topological polar surface area (TPSA) is 49.3 Å². The van der Waals surface area contributed by atoms with Crippen LogP contribution in [0.25, 0.3) is 0 Å². The first-order valence-corrected chi connectivity index (χ1v) is 7.35. The second kappa shape index (κ2) is 7.96. The molecule has 1 fully saturated rings. The molecule has 0 atom stereocenters. The van der Waals surface area contributed by atoms with Gasteiger partial charge in [0.05, 0.1) is 5.75 Å². The van der Waals surface area contributed by atoms with Crippen LogP contribution >= 0.6 is 11.8 Å². The van der Waals surface area contributed by atoms with Gasteiger partial charge in [-0.15, -0.1) is 0 Å². The first-order valence-electron chi connectivity index (χ1n) is 6.20. The Morgan fingerprint density at radius 1 is 1.38 bits per heavy atom. The van der Waals surface area contributed by atoms with Crippen molar-refractivity contribution in [3.63, 3.8) is 0 Å². The molecule has 1 aliphatic rings. The molecule has 16 heavy (non-hydrogen) atoms. The number of nitrogens with one attached hydrogen (secondary N) is 1. The number of rotatable bonds is 6. The summed E-state index contributed by atoms with van der Waals surface area (Å²) in [6.45, 7) is 2.50. The van der Waals surface area contributed by atoms with E-state index in [1.165, 1.54) is 12.8 Å². The molecule has 0 bridgehead atoms. The highest BCUT2D eigenvalue weighted by Crippen LogP contribution is 2.23. The summed E-state index contributed by atoms with van der Waals surface area (Å²) in [6, 6.07) is 0.405. The van der Waals surface area contributed by atoms with Crippen molar-refractivity contribution in [2.45, 2.75) is 45.1 Å². The van der Waals surface area contributed by atoms with Crippen molar-refractivity contribution in [2.24, 2.45) is 5.92 Å². The first kappa shape index (κ1) is 13.8. The van der Waals surface area contributed by atoms with Crippen LogP contribution in [0.5, 0.6) is 0 Å². The lowest BCUT2D eigenvalue weighted by atomic mass is 9.87. The van der Waals surface area contributed by atoms with Gasteiger partial charge in [-0.1, -0.05) is 6.92 Å². The van der Waals surface area contributed by atoms with Gasteiger partial charge in [0.15, 0.2) is 0 Å². The van der Waals surface area contributed by atoms with Crippen LogP contribution in [0.2, 0.25) is 0 Å².